The molecule has 0 bridgehead atoms. The third-order valence-corrected chi connectivity index (χ3v) is 8.56. The number of benzene rings is 2. The Morgan fingerprint density at radius 3 is 1.57 bits per heavy atom. The maximum Gasteiger partial charge on any atom is 0.344 e. The summed E-state index contributed by atoms with van der Waals surface area (Å²) in [5.74, 6) is -0.602. The lowest BCUT2D eigenvalue weighted by Crippen LogP contribution is -2.09. The van der Waals surface area contributed by atoms with Crippen LogP contribution in [0.2, 0.25) is 0 Å². The van der Waals surface area contributed by atoms with Gasteiger partial charge in [0.1, 0.15) is 23.3 Å². The van der Waals surface area contributed by atoms with E-state index in [1.165, 1.54) is 32.2 Å². The van der Waals surface area contributed by atoms with Gasteiger partial charge in [-0.15, -0.1) is 20.5 Å². The predicted octanol–water partition coefficient (Wildman–Crippen LogP) is 5.43. The zero-order valence-corrected chi connectivity index (χ0v) is 30.6. The van der Waals surface area contributed by atoms with E-state index in [1.807, 2.05) is 36.4 Å². The summed E-state index contributed by atoms with van der Waals surface area (Å²) in [6, 6.07) is 19.6. The van der Waals surface area contributed by atoms with E-state index >= 15 is 0 Å². The Kier molecular flexibility index (Phi) is 9.58. The number of azo groups is 2. The van der Waals surface area contributed by atoms with E-state index in [0.717, 1.165) is 0 Å². The summed E-state index contributed by atoms with van der Waals surface area (Å²) in [7, 11) is 4.49. The van der Waals surface area contributed by atoms with Crippen LogP contribution in [0.5, 0.6) is 0 Å². The highest BCUT2D eigenvalue weighted by atomic mass is 16.5. The van der Waals surface area contributed by atoms with Crippen LogP contribution in [0.25, 0.3) is 34.2 Å². The van der Waals surface area contributed by atoms with Crippen LogP contribution >= 0.6 is 0 Å². The first-order chi connectivity index (χ1) is 27.0. The summed E-state index contributed by atoms with van der Waals surface area (Å²) in [6.07, 6.45) is 1.48. The molecule has 4 N–H and O–H groups in total. The SMILES string of the molecule is COC(=O)c1c(-c2ccccc2)nn(C)c1N=Nc1c(C)nn(-c2cc(-n3nc(C)c(N=Nc4c(C(=O)C=O)c(-c5ccccc5)nn4C)c3N)ncn2)c1N. The number of hydrogen-bond donors (Lipinski definition) is 2. The third-order valence-electron chi connectivity index (χ3n) is 8.56. The van der Waals surface area contributed by atoms with E-state index in [4.69, 9.17) is 16.2 Å². The van der Waals surface area contributed by atoms with Crippen LogP contribution < -0.4 is 11.5 Å². The second-order valence-corrected chi connectivity index (χ2v) is 12.1. The van der Waals surface area contributed by atoms with Gasteiger partial charge in [-0.2, -0.15) is 29.8 Å². The van der Waals surface area contributed by atoms with Crippen LogP contribution in [0.4, 0.5) is 34.6 Å². The number of ketones is 1. The summed E-state index contributed by atoms with van der Waals surface area (Å²) in [5, 5.41) is 35.3. The molecule has 7 rings (SSSR count). The molecule has 0 atom stereocenters. The van der Waals surface area contributed by atoms with Gasteiger partial charge in [0, 0.05) is 31.3 Å². The minimum Gasteiger partial charge on any atom is -0.465 e. The van der Waals surface area contributed by atoms with Gasteiger partial charge in [0.25, 0.3) is 0 Å². The maximum atomic E-state index is 12.9. The van der Waals surface area contributed by atoms with Gasteiger partial charge in [0.2, 0.25) is 5.78 Å². The highest BCUT2D eigenvalue weighted by molar-refractivity contribution is 6.36. The molecule has 0 aliphatic rings. The molecular weight excluding hydrogens is 721 g/mol. The van der Waals surface area contributed by atoms with Crippen molar-refractivity contribution >= 4 is 52.7 Å². The lowest BCUT2D eigenvalue weighted by Gasteiger charge is -2.06. The maximum absolute atomic E-state index is 12.9. The molecule has 7 aromatic rings. The molecule has 0 amide bonds. The smallest absolute Gasteiger partial charge is 0.344 e. The number of carbonyl (C=O) groups excluding carboxylic acids is 3. The summed E-state index contributed by atoms with van der Waals surface area (Å²) in [5.41, 5.74) is 16.4. The van der Waals surface area contributed by atoms with Crippen LogP contribution in [0, 0.1) is 13.8 Å². The largest absolute Gasteiger partial charge is 0.465 e. The molecule has 56 heavy (non-hydrogen) atoms. The number of ether oxygens (including phenoxy) is 1. The van der Waals surface area contributed by atoms with Gasteiger partial charge in [-0.25, -0.2) is 24.1 Å². The molecule has 280 valence electrons. The molecule has 5 heterocycles. The van der Waals surface area contributed by atoms with Gasteiger partial charge < -0.3 is 16.2 Å². The summed E-state index contributed by atoms with van der Waals surface area (Å²) in [6.45, 7) is 3.36. The number of methoxy groups -OCH3 is 1. The Balaban J connectivity index is 1.21. The molecule has 0 aliphatic heterocycles. The number of Topliss-reactive ketones (excluding diaryl/α,β-unsaturated/α-hetero) is 1. The van der Waals surface area contributed by atoms with E-state index in [9.17, 15) is 14.4 Å². The van der Waals surface area contributed by atoms with Crippen molar-refractivity contribution in [2.24, 2.45) is 34.6 Å². The number of nitrogen functional groups attached to an aromatic ring is 2. The number of aromatic nitrogens is 10. The highest BCUT2D eigenvalue weighted by Gasteiger charge is 2.27. The average Bonchev–Trinajstić information content (AvgIpc) is 3.91. The Hall–Kier alpha value is -8.03. The van der Waals surface area contributed by atoms with Crippen LogP contribution in [0.3, 0.4) is 0 Å². The Morgan fingerprint density at radius 1 is 0.679 bits per heavy atom. The minimum absolute atomic E-state index is 0.00585. The van der Waals surface area contributed by atoms with Gasteiger partial charge in [-0.1, -0.05) is 60.7 Å². The molecule has 0 saturated carbocycles. The number of aldehydes is 1. The molecule has 0 unspecified atom stereocenters. The zero-order valence-electron chi connectivity index (χ0n) is 30.6. The molecule has 0 saturated heterocycles. The van der Waals surface area contributed by atoms with Gasteiger partial charge >= 0.3 is 5.97 Å². The third kappa shape index (κ3) is 6.46. The number of esters is 1. The molecule has 20 heteroatoms. The number of nitrogens with zero attached hydrogens (tertiary/aromatic N) is 14. The van der Waals surface area contributed by atoms with Gasteiger partial charge in [0.15, 0.2) is 52.6 Å². The predicted molar refractivity (Wildman–Crippen MR) is 202 cm³/mol. The molecular formula is C36H32N16O4. The first kappa shape index (κ1) is 36.3. The second kappa shape index (κ2) is 14.8. The van der Waals surface area contributed by atoms with E-state index in [2.05, 4.69) is 50.8 Å². The lowest BCUT2D eigenvalue weighted by atomic mass is 10.1. The first-order valence-corrected chi connectivity index (χ1v) is 16.7. The van der Waals surface area contributed by atoms with Crippen molar-refractivity contribution in [2.75, 3.05) is 18.6 Å². The van der Waals surface area contributed by atoms with Gasteiger partial charge in [-0.3, -0.25) is 9.59 Å². The van der Waals surface area contributed by atoms with Crippen molar-refractivity contribution in [3.63, 3.8) is 0 Å². The van der Waals surface area contributed by atoms with Crippen molar-refractivity contribution in [2.45, 2.75) is 13.8 Å². The standard InChI is InChI=1S/C36H32N16O4/c1-19-28(41-43-34-26(23(54)17-53)30(47-49(34)3)21-12-8-6-9-13-21)32(37)51(45-19)24-16-25(40-18-39-24)52-33(38)29(20(2)46-52)42-44-35-27(36(55)56-5)31(48-50(35)4)22-14-10-7-11-15-22/h6-18H,37-38H2,1-5H3. The van der Waals surface area contributed by atoms with Crippen molar-refractivity contribution in [3.8, 4) is 34.2 Å². The van der Waals surface area contributed by atoms with Gasteiger partial charge in [-0.05, 0) is 13.8 Å². The number of carbonyl (C=O) groups is 3. The molecule has 0 radical (unpaired) electrons. The molecule has 2 aromatic carbocycles. The van der Waals surface area contributed by atoms with E-state index in [1.54, 1.807) is 58.3 Å². The monoisotopic (exact) mass is 752 g/mol. The number of rotatable bonds is 11. The zero-order chi connectivity index (χ0) is 39.7. The molecule has 20 nitrogen and oxygen atoms in total. The van der Waals surface area contributed by atoms with Crippen molar-refractivity contribution in [1.82, 2.24) is 49.1 Å². The summed E-state index contributed by atoms with van der Waals surface area (Å²) < 4.78 is 10.5. The Morgan fingerprint density at radius 2 is 1.12 bits per heavy atom. The summed E-state index contributed by atoms with van der Waals surface area (Å²) in [4.78, 5) is 45.9. The fourth-order valence-corrected chi connectivity index (χ4v) is 5.87. The number of nitrogens with two attached hydrogens (primary N) is 2. The topological polar surface area (TPSA) is 259 Å². The van der Waals surface area contributed by atoms with Crippen LogP contribution in [-0.4, -0.2) is 74.2 Å². The second-order valence-electron chi connectivity index (χ2n) is 12.1. The van der Waals surface area contributed by atoms with Crippen LogP contribution in [0.1, 0.15) is 32.1 Å². The lowest BCUT2D eigenvalue weighted by molar-refractivity contribution is -0.104. The van der Waals surface area contributed by atoms with Crippen LogP contribution in [0.15, 0.2) is 93.5 Å². The number of aryl methyl sites for hydroxylation is 4. The molecule has 5 aromatic heterocycles. The highest BCUT2D eigenvalue weighted by Crippen LogP contribution is 2.36. The minimum atomic E-state index is -0.808. The first-order valence-electron chi connectivity index (χ1n) is 16.7. The van der Waals surface area contributed by atoms with Crippen LogP contribution in [-0.2, 0) is 23.6 Å². The van der Waals surface area contributed by atoms with Crippen molar-refractivity contribution in [3.05, 3.63) is 95.6 Å². The fourth-order valence-electron chi connectivity index (χ4n) is 5.87. The Bertz CT molecular complexity index is 2710. The van der Waals surface area contributed by atoms with E-state index in [-0.39, 0.29) is 69.4 Å². The average molecular weight is 753 g/mol. The number of hydrogen-bond acceptors (Lipinski definition) is 16. The quantitative estimate of drug-likeness (QED) is 0.0551. The van der Waals surface area contributed by atoms with E-state index in [0.29, 0.717) is 28.2 Å². The van der Waals surface area contributed by atoms with Crippen molar-refractivity contribution < 1.29 is 19.1 Å². The fraction of sp³-hybridized carbons (Fsp3) is 0.139. The normalized spacial score (nSPS) is 11.5. The van der Waals surface area contributed by atoms with Crippen molar-refractivity contribution in [1.29, 1.82) is 0 Å². The number of anilines is 2. The summed E-state index contributed by atoms with van der Waals surface area (Å²) >= 11 is 0. The Labute approximate surface area is 317 Å². The molecule has 0 fully saturated rings. The van der Waals surface area contributed by atoms with Gasteiger partial charge in [0.05, 0.1) is 24.1 Å². The molecule has 0 aliphatic carbocycles. The van der Waals surface area contributed by atoms with E-state index < -0.39 is 11.8 Å². The molecule has 0 spiro atoms.